The minimum Gasteiger partial charge on any atom is -0.372 e. The van der Waals surface area contributed by atoms with E-state index in [0.717, 1.165) is 25.3 Å². The van der Waals surface area contributed by atoms with E-state index in [0.29, 0.717) is 5.92 Å². The van der Waals surface area contributed by atoms with Crippen LogP contribution in [0.2, 0.25) is 0 Å². The maximum atomic E-state index is 5.78. The molecule has 3 nitrogen and oxygen atoms in total. The fraction of sp³-hybridized carbons (Fsp3) is 0.750. The summed E-state index contributed by atoms with van der Waals surface area (Å²) >= 11 is 1.64. The van der Waals surface area contributed by atoms with Crippen molar-refractivity contribution in [2.24, 2.45) is 5.92 Å². The van der Waals surface area contributed by atoms with Crippen LogP contribution < -0.4 is 5.32 Å². The number of hydrogen-bond donors (Lipinski definition) is 1. The summed E-state index contributed by atoms with van der Waals surface area (Å²) in [6.45, 7) is 8.45. The Morgan fingerprint density at radius 2 is 2.38 bits per heavy atom. The van der Waals surface area contributed by atoms with E-state index in [9.17, 15) is 0 Å². The smallest absolute Gasteiger partial charge is 0.104 e. The monoisotopic (exact) mass is 240 g/mol. The van der Waals surface area contributed by atoms with Gasteiger partial charge < -0.3 is 10.1 Å². The Labute approximate surface area is 101 Å². The van der Waals surface area contributed by atoms with E-state index >= 15 is 0 Å². The van der Waals surface area contributed by atoms with Gasteiger partial charge in [-0.25, -0.2) is 4.98 Å². The normalized spacial score (nSPS) is 26.2. The first-order valence-corrected chi connectivity index (χ1v) is 6.75. The molecule has 1 aliphatic heterocycles. The Balaban J connectivity index is 1.94. The molecule has 1 aromatic heterocycles. The van der Waals surface area contributed by atoms with Gasteiger partial charge in [-0.15, -0.1) is 11.3 Å². The first-order chi connectivity index (χ1) is 7.56. The topological polar surface area (TPSA) is 34.1 Å². The zero-order valence-electron chi connectivity index (χ0n) is 10.2. The van der Waals surface area contributed by atoms with Gasteiger partial charge >= 0.3 is 0 Å². The first kappa shape index (κ1) is 12.0. The van der Waals surface area contributed by atoms with E-state index in [1.54, 1.807) is 11.3 Å². The molecule has 2 rings (SSSR count). The van der Waals surface area contributed by atoms with Crippen LogP contribution in [0.4, 0.5) is 0 Å². The molecule has 0 aliphatic carbocycles. The second kappa shape index (κ2) is 4.82. The van der Waals surface area contributed by atoms with E-state index < -0.39 is 0 Å². The van der Waals surface area contributed by atoms with Crippen molar-refractivity contribution in [3.8, 4) is 0 Å². The summed E-state index contributed by atoms with van der Waals surface area (Å²) in [6, 6.07) is 0. The van der Waals surface area contributed by atoms with E-state index in [1.165, 1.54) is 0 Å². The number of nitrogens with one attached hydrogen (secondary N) is 1. The maximum Gasteiger partial charge on any atom is 0.104 e. The largest absolute Gasteiger partial charge is 0.372 e. The highest BCUT2D eigenvalue weighted by molar-refractivity contribution is 7.07. The van der Waals surface area contributed by atoms with Crippen LogP contribution in [0, 0.1) is 5.92 Å². The summed E-state index contributed by atoms with van der Waals surface area (Å²) in [7, 11) is 0. The van der Waals surface area contributed by atoms with Crippen LogP contribution in [0.15, 0.2) is 10.9 Å². The Kier molecular flexibility index (Phi) is 3.62. The highest BCUT2D eigenvalue weighted by Gasteiger charge is 2.31. The zero-order chi connectivity index (χ0) is 11.6. The summed E-state index contributed by atoms with van der Waals surface area (Å²) in [6.07, 6.45) is 1.33. The molecular formula is C12H20N2OS. The van der Waals surface area contributed by atoms with Crippen LogP contribution in [0.25, 0.3) is 0 Å². The predicted octanol–water partition coefficient (Wildman–Crippen LogP) is 2.61. The van der Waals surface area contributed by atoms with Gasteiger partial charge in [0.25, 0.3) is 0 Å². The second-order valence-corrected chi connectivity index (χ2v) is 6.10. The summed E-state index contributed by atoms with van der Waals surface area (Å²) < 4.78 is 5.78. The molecule has 1 N–H and O–H groups in total. The van der Waals surface area contributed by atoms with Crippen molar-refractivity contribution < 1.29 is 4.74 Å². The lowest BCUT2D eigenvalue weighted by Gasteiger charge is -2.25. The minimum absolute atomic E-state index is 0.176. The number of thiazole rings is 1. The molecule has 1 fully saturated rings. The van der Waals surface area contributed by atoms with Gasteiger partial charge in [-0.1, -0.05) is 0 Å². The van der Waals surface area contributed by atoms with Crippen molar-refractivity contribution in [1.82, 2.24) is 10.3 Å². The van der Waals surface area contributed by atoms with Crippen molar-refractivity contribution in [2.45, 2.75) is 38.8 Å². The quantitative estimate of drug-likeness (QED) is 0.882. The molecule has 2 unspecified atom stereocenters. The SMILES string of the molecule is CC(C)(C)NCC1CCOC1c1cscn1. The van der Waals surface area contributed by atoms with Gasteiger partial charge in [0.05, 0.1) is 11.2 Å². The molecule has 0 bridgehead atoms. The molecule has 0 spiro atoms. The number of ether oxygens (including phenoxy) is 1. The molecule has 0 amide bonds. The summed E-state index contributed by atoms with van der Waals surface area (Å²) in [4.78, 5) is 4.36. The number of rotatable bonds is 3. The Bertz CT molecular complexity index is 318. The average molecular weight is 240 g/mol. The Hall–Kier alpha value is -0.450. The third kappa shape index (κ3) is 3.03. The summed E-state index contributed by atoms with van der Waals surface area (Å²) in [5, 5.41) is 5.65. The lowest BCUT2D eigenvalue weighted by molar-refractivity contribution is 0.0860. The van der Waals surface area contributed by atoms with Gasteiger partial charge in [-0.3, -0.25) is 0 Å². The average Bonchev–Trinajstić information content (AvgIpc) is 2.84. The van der Waals surface area contributed by atoms with Gasteiger partial charge in [-0.05, 0) is 27.2 Å². The van der Waals surface area contributed by atoms with E-state index in [-0.39, 0.29) is 11.6 Å². The van der Waals surface area contributed by atoms with Gasteiger partial charge in [0.1, 0.15) is 6.10 Å². The maximum absolute atomic E-state index is 5.78. The van der Waals surface area contributed by atoms with Gasteiger partial charge in [0, 0.05) is 30.0 Å². The molecule has 1 aromatic rings. The zero-order valence-corrected chi connectivity index (χ0v) is 11.0. The molecule has 2 heterocycles. The van der Waals surface area contributed by atoms with Gasteiger partial charge in [-0.2, -0.15) is 0 Å². The lowest BCUT2D eigenvalue weighted by Crippen LogP contribution is -2.39. The highest BCUT2D eigenvalue weighted by Crippen LogP contribution is 2.33. The standard InChI is InChI=1S/C12H20N2OS/c1-12(2,3)14-6-9-4-5-15-11(9)10-7-16-8-13-10/h7-9,11,14H,4-6H2,1-3H3. The Morgan fingerprint density at radius 1 is 1.56 bits per heavy atom. The molecule has 2 atom stereocenters. The van der Waals surface area contributed by atoms with Crippen LogP contribution in [0.1, 0.15) is 39.0 Å². The van der Waals surface area contributed by atoms with Crippen molar-refractivity contribution in [2.75, 3.05) is 13.2 Å². The van der Waals surface area contributed by atoms with E-state index in [4.69, 9.17) is 4.74 Å². The van der Waals surface area contributed by atoms with Crippen LogP contribution in [0.3, 0.4) is 0 Å². The third-order valence-corrected chi connectivity index (χ3v) is 3.46. The summed E-state index contributed by atoms with van der Waals surface area (Å²) in [5.41, 5.74) is 3.16. The van der Waals surface area contributed by atoms with E-state index in [2.05, 4.69) is 36.5 Å². The molecule has 16 heavy (non-hydrogen) atoms. The number of hydrogen-bond acceptors (Lipinski definition) is 4. The molecular weight excluding hydrogens is 220 g/mol. The fourth-order valence-electron chi connectivity index (χ4n) is 1.97. The van der Waals surface area contributed by atoms with Crippen molar-refractivity contribution >= 4 is 11.3 Å². The van der Waals surface area contributed by atoms with Crippen molar-refractivity contribution in [3.63, 3.8) is 0 Å². The molecule has 0 saturated carbocycles. The fourth-order valence-corrected chi connectivity index (χ4v) is 2.55. The molecule has 1 saturated heterocycles. The van der Waals surface area contributed by atoms with Gasteiger partial charge in [0.2, 0.25) is 0 Å². The Morgan fingerprint density at radius 3 is 3.00 bits per heavy atom. The molecule has 0 aromatic carbocycles. The molecule has 1 aliphatic rings. The summed E-state index contributed by atoms with van der Waals surface area (Å²) in [5.74, 6) is 0.557. The predicted molar refractivity (Wildman–Crippen MR) is 66.7 cm³/mol. The van der Waals surface area contributed by atoms with Crippen molar-refractivity contribution in [1.29, 1.82) is 0 Å². The first-order valence-electron chi connectivity index (χ1n) is 5.81. The van der Waals surface area contributed by atoms with Crippen molar-refractivity contribution in [3.05, 3.63) is 16.6 Å². The second-order valence-electron chi connectivity index (χ2n) is 5.38. The molecule has 4 heteroatoms. The molecule has 90 valence electrons. The minimum atomic E-state index is 0.176. The van der Waals surface area contributed by atoms with Crippen LogP contribution >= 0.6 is 11.3 Å². The van der Waals surface area contributed by atoms with Crippen LogP contribution in [-0.4, -0.2) is 23.7 Å². The molecule has 0 radical (unpaired) electrons. The lowest BCUT2D eigenvalue weighted by atomic mass is 9.98. The van der Waals surface area contributed by atoms with Crippen LogP contribution in [0.5, 0.6) is 0 Å². The number of aromatic nitrogens is 1. The van der Waals surface area contributed by atoms with Crippen LogP contribution in [-0.2, 0) is 4.74 Å². The highest BCUT2D eigenvalue weighted by atomic mass is 32.1. The third-order valence-electron chi connectivity index (χ3n) is 2.85. The van der Waals surface area contributed by atoms with E-state index in [1.807, 2.05) is 5.51 Å². The number of nitrogens with zero attached hydrogens (tertiary/aromatic N) is 1. The van der Waals surface area contributed by atoms with Gasteiger partial charge in [0.15, 0.2) is 0 Å².